The molecule has 250 valence electrons. The van der Waals surface area contributed by atoms with Gasteiger partial charge >= 0.3 is 0 Å². The van der Waals surface area contributed by atoms with Crippen molar-refractivity contribution >= 4 is 46.6 Å². The maximum Gasteiger partial charge on any atom is 0.246 e. The molecule has 3 amide bonds. The van der Waals surface area contributed by atoms with Gasteiger partial charge in [0, 0.05) is 18.3 Å². The van der Waals surface area contributed by atoms with Crippen LogP contribution in [0.25, 0.3) is 0 Å². The summed E-state index contributed by atoms with van der Waals surface area (Å²) in [5, 5.41) is 6.91. The van der Waals surface area contributed by atoms with E-state index in [0.29, 0.717) is 28.2 Å². The third kappa shape index (κ3) is 6.59. The maximum absolute atomic E-state index is 14.3. The highest BCUT2D eigenvalue weighted by atomic mass is 35.5. The lowest BCUT2D eigenvalue weighted by Crippen LogP contribution is -2.56. The van der Waals surface area contributed by atoms with Crippen LogP contribution in [0.15, 0.2) is 60.7 Å². The van der Waals surface area contributed by atoms with Crippen LogP contribution >= 0.6 is 23.2 Å². The number of hydrogen-bond donors (Lipinski definition) is 2. The highest BCUT2D eigenvalue weighted by molar-refractivity contribution is 6.42. The van der Waals surface area contributed by atoms with Crippen LogP contribution in [0.1, 0.15) is 56.9 Å². The first-order valence-electron chi connectivity index (χ1n) is 17.3. The topological polar surface area (TPSA) is 91.0 Å². The lowest BCUT2D eigenvalue weighted by Gasteiger charge is -2.35. The summed E-state index contributed by atoms with van der Waals surface area (Å²) in [7, 11) is 0. The number of fused-ring (bicyclic) bond motifs is 1. The normalized spacial score (nSPS) is 29.3. The first-order chi connectivity index (χ1) is 22.8. The Labute approximate surface area is 287 Å². The Kier molecular flexibility index (Phi) is 9.65. The summed E-state index contributed by atoms with van der Waals surface area (Å²) >= 11 is 12.3. The number of nitrogens with one attached hydrogen (secondary N) is 2. The van der Waals surface area contributed by atoms with E-state index in [4.69, 9.17) is 27.9 Å². The average molecular weight is 680 g/mol. The zero-order valence-electron chi connectivity index (χ0n) is 26.7. The summed E-state index contributed by atoms with van der Waals surface area (Å²) < 4.78 is 6.53. The van der Waals surface area contributed by atoms with Crippen molar-refractivity contribution in [1.82, 2.24) is 15.1 Å². The summed E-state index contributed by atoms with van der Waals surface area (Å²) in [6, 6.07) is 14.9. The quantitative estimate of drug-likeness (QED) is 0.307. The van der Waals surface area contributed by atoms with Gasteiger partial charge in [0.15, 0.2) is 0 Å². The number of halogens is 2. The van der Waals surface area contributed by atoms with Crippen LogP contribution in [-0.4, -0.2) is 77.5 Å². The van der Waals surface area contributed by atoms with Crippen molar-refractivity contribution in [2.45, 2.75) is 81.6 Å². The molecule has 0 unspecified atom stereocenters. The molecule has 10 heteroatoms. The van der Waals surface area contributed by atoms with Gasteiger partial charge in [-0.15, -0.1) is 0 Å². The zero-order valence-corrected chi connectivity index (χ0v) is 28.2. The molecule has 1 aliphatic carbocycles. The second-order valence-corrected chi connectivity index (χ2v) is 14.8. The van der Waals surface area contributed by atoms with Gasteiger partial charge in [-0.25, -0.2) is 0 Å². The number of likely N-dealkylation sites (tertiary alicyclic amines) is 2. The number of piperidine rings is 1. The Morgan fingerprint density at radius 3 is 2.43 bits per heavy atom. The summed E-state index contributed by atoms with van der Waals surface area (Å²) in [5.41, 5.74) is 0.720. The molecule has 3 saturated heterocycles. The standard InChI is InChI=1S/C37H44Cl2N4O4/c38-28-13-12-27(23-29(28)39)41-34(44)31-30-14-17-37(47-30)32(31)36(46)43(33(37)35(45)40-26-10-5-2-6-11-26)19-7-18-42-20-15-25(16-21-42)22-24-8-3-1-4-9-24/h1,3-4,8-9,12-14,17,23,25-26,30-33H,2,5-7,10-11,15-16,18-22H2,(H,40,45)(H,41,44)/t30-,31+,32-,33-,37-/m1/s1. The van der Waals surface area contributed by atoms with Crippen LogP contribution in [0.2, 0.25) is 10.0 Å². The number of amides is 3. The van der Waals surface area contributed by atoms with E-state index < -0.39 is 29.6 Å². The van der Waals surface area contributed by atoms with E-state index in [0.717, 1.165) is 71.0 Å². The van der Waals surface area contributed by atoms with E-state index in [1.807, 2.05) is 12.2 Å². The van der Waals surface area contributed by atoms with Gasteiger partial charge in [-0.1, -0.05) is 84.9 Å². The molecule has 1 spiro atoms. The third-order valence-electron chi connectivity index (χ3n) is 11.0. The first-order valence-corrected chi connectivity index (χ1v) is 18.1. The number of hydrogen-bond acceptors (Lipinski definition) is 5. The van der Waals surface area contributed by atoms with Gasteiger partial charge in [-0.2, -0.15) is 0 Å². The Morgan fingerprint density at radius 1 is 0.915 bits per heavy atom. The Balaban J connectivity index is 1.04. The van der Waals surface area contributed by atoms with E-state index in [1.165, 1.54) is 12.0 Å². The molecule has 4 heterocycles. The molecular weight excluding hydrogens is 635 g/mol. The Bertz CT molecular complexity index is 1510. The first kappa shape index (κ1) is 32.6. The highest BCUT2D eigenvalue weighted by Crippen LogP contribution is 2.55. The second kappa shape index (κ2) is 13.9. The maximum atomic E-state index is 14.3. The van der Waals surface area contributed by atoms with Gasteiger partial charge in [0.25, 0.3) is 0 Å². The molecule has 2 aromatic rings. The number of carbonyl (C=O) groups excluding carboxylic acids is 3. The number of anilines is 1. The summed E-state index contributed by atoms with van der Waals surface area (Å²) in [6.07, 6.45) is 12.6. The van der Waals surface area contributed by atoms with Crippen molar-refractivity contribution in [3.8, 4) is 0 Å². The lowest BCUT2D eigenvalue weighted by atomic mass is 9.74. The highest BCUT2D eigenvalue weighted by Gasteiger charge is 2.72. The second-order valence-electron chi connectivity index (χ2n) is 14.0. The van der Waals surface area contributed by atoms with Crippen LogP contribution in [0.3, 0.4) is 0 Å². The van der Waals surface area contributed by atoms with E-state index in [-0.39, 0.29) is 23.8 Å². The molecule has 5 atom stereocenters. The van der Waals surface area contributed by atoms with E-state index in [1.54, 1.807) is 23.1 Å². The van der Waals surface area contributed by atoms with Gasteiger partial charge in [-0.05, 0) is 87.8 Å². The van der Waals surface area contributed by atoms with Crippen LogP contribution in [-0.2, 0) is 25.5 Å². The molecule has 4 aliphatic heterocycles. The van der Waals surface area contributed by atoms with Gasteiger partial charge < -0.3 is 25.2 Å². The molecule has 1 saturated carbocycles. The molecule has 4 fully saturated rings. The van der Waals surface area contributed by atoms with Crippen molar-refractivity contribution in [3.05, 3.63) is 76.3 Å². The zero-order chi connectivity index (χ0) is 32.5. The minimum atomic E-state index is -1.17. The molecule has 0 aromatic heterocycles. The molecule has 47 heavy (non-hydrogen) atoms. The van der Waals surface area contributed by atoms with Crippen LogP contribution < -0.4 is 10.6 Å². The van der Waals surface area contributed by atoms with E-state index >= 15 is 0 Å². The molecule has 2 aromatic carbocycles. The van der Waals surface area contributed by atoms with Crippen LogP contribution in [0.5, 0.6) is 0 Å². The molecule has 2 bridgehead atoms. The van der Waals surface area contributed by atoms with Crippen LogP contribution in [0.4, 0.5) is 5.69 Å². The van der Waals surface area contributed by atoms with Gasteiger partial charge in [0.2, 0.25) is 17.7 Å². The fourth-order valence-electron chi connectivity index (χ4n) is 8.66. The molecule has 7 rings (SSSR count). The molecular formula is C37H44Cl2N4O4. The number of carbonyl (C=O) groups is 3. The average Bonchev–Trinajstić information content (AvgIpc) is 3.72. The van der Waals surface area contributed by atoms with Crippen molar-refractivity contribution < 1.29 is 19.1 Å². The molecule has 5 aliphatic rings. The fraction of sp³-hybridized carbons (Fsp3) is 0.541. The van der Waals surface area contributed by atoms with Gasteiger partial charge in [0.1, 0.15) is 11.6 Å². The predicted molar refractivity (Wildman–Crippen MR) is 183 cm³/mol. The summed E-state index contributed by atoms with van der Waals surface area (Å²) in [6.45, 7) is 3.37. The minimum absolute atomic E-state index is 0.0946. The van der Waals surface area contributed by atoms with Crippen LogP contribution in [0, 0.1) is 17.8 Å². The summed E-state index contributed by atoms with van der Waals surface area (Å²) in [4.78, 5) is 46.4. The van der Waals surface area contributed by atoms with Crippen molar-refractivity contribution in [1.29, 1.82) is 0 Å². The molecule has 8 nitrogen and oxygen atoms in total. The van der Waals surface area contributed by atoms with E-state index in [2.05, 4.69) is 45.9 Å². The minimum Gasteiger partial charge on any atom is -0.359 e. The SMILES string of the molecule is O=C(Nc1ccc(Cl)c(Cl)c1)[C@H]1[C@H]2C=C[C@@]3(O2)[C@H]1C(=O)N(CCCN1CCC(Cc2ccccc2)CC1)[C@@H]3C(=O)NC1CCCCC1. The number of nitrogens with zero attached hydrogens (tertiary/aromatic N) is 2. The fourth-order valence-corrected chi connectivity index (χ4v) is 8.96. The van der Waals surface area contributed by atoms with Gasteiger partial charge in [0.05, 0.1) is 28.0 Å². The monoisotopic (exact) mass is 678 g/mol. The predicted octanol–water partition coefficient (Wildman–Crippen LogP) is 5.88. The van der Waals surface area contributed by atoms with Gasteiger partial charge in [-0.3, -0.25) is 14.4 Å². The smallest absolute Gasteiger partial charge is 0.246 e. The summed E-state index contributed by atoms with van der Waals surface area (Å²) in [5.74, 6) is -1.55. The van der Waals surface area contributed by atoms with Crippen molar-refractivity contribution in [3.63, 3.8) is 0 Å². The van der Waals surface area contributed by atoms with Crippen molar-refractivity contribution in [2.24, 2.45) is 17.8 Å². The van der Waals surface area contributed by atoms with E-state index in [9.17, 15) is 14.4 Å². The molecule has 0 radical (unpaired) electrons. The lowest BCUT2D eigenvalue weighted by molar-refractivity contribution is -0.141. The largest absolute Gasteiger partial charge is 0.359 e. The Hall–Kier alpha value is -2.91. The number of ether oxygens (including phenoxy) is 1. The Morgan fingerprint density at radius 2 is 1.68 bits per heavy atom. The third-order valence-corrected chi connectivity index (χ3v) is 11.8. The van der Waals surface area contributed by atoms with Crippen molar-refractivity contribution in [2.75, 3.05) is 31.5 Å². The number of rotatable bonds is 10. The number of benzene rings is 2. The molecule has 2 N–H and O–H groups in total.